The maximum Gasteiger partial charge on any atom is 0.243 e. The molecule has 0 aliphatic rings. The second-order valence-corrected chi connectivity index (χ2v) is 3.77. The van der Waals surface area contributed by atoms with Crippen LogP contribution in [0.25, 0.3) is 11.0 Å². The molecule has 88 valence electrons. The molecule has 1 aromatic carbocycles. The summed E-state index contributed by atoms with van der Waals surface area (Å²) < 4.78 is 0. The van der Waals surface area contributed by atoms with Crippen LogP contribution in [0.4, 0.5) is 5.95 Å². The number of carbonyl (C=O) groups excluding carboxylic acids is 1. The van der Waals surface area contributed by atoms with Crippen molar-refractivity contribution >= 4 is 22.9 Å². The lowest BCUT2D eigenvalue weighted by molar-refractivity contribution is -0.126. The number of nitrogens with one attached hydrogen (secondary N) is 1. The van der Waals surface area contributed by atoms with Gasteiger partial charge in [0.2, 0.25) is 11.9 Å². The molecule has 0 unspecified atom stereocenters. The second kappa shape index (κ2) is 4.73. The van der Waals surface area contributed by atoms with Gasteiger partial charge in [0.25, 0.3) is 0 Å². The van der Waals surface area contributed by atoms with Crippen LogP contribution in [0.3, 0.4) is 0 Å². The van der Waals surface area contributed by atoms with Crippen LogP contribution in [0.2, 0.25) is 0 Å². The van der Waals surface area contributed by atoms with E-state index >= 15 is 0 Å². The Morgan fingerprint density at radius 3 is 2.65 bits per heavy atom. The Bertz CT molecular complexity index is 540. The lowest BCUT2D eigenvalue weighted by Crippen LogP contribution is -2.29. The van der Waals surface area contributed by atoms with Gasteiger partial charge < -0.3 is 10.2 Å². The summed E-state index contributed by atoms with van der Waals surface area (Å²) in [4.78, 5) is 17.1. The molecular weight excluding hydrogens is 218 g/mol. The highest BCUT2D eigenvalue weighted by atomic mass is 16.2. The minimum absolute atomic E-state index is 0.0400. The molecule has 2 rings (SSSR count). The number of fused-ring (bicyclic) bond motifs is 1. The van der Waals surface area contributed by atoms with E-state index < -0.39 is 0 Å². The van der Waals surface area contributed by atoms with Crippen molar-refractivity contribution in [2.75, 3.05) is 26.0 Å². The van der Waals surface area contributed by atoms with E-state index in [0.717, 1.165) is 11.0 Å². The molecule has 0 radical (unpaired) electrons. The van der Waals surface area contributed by atoms with Crippen LogP contribution >= 0.6 is 0 Å². The maximum absolute atomic E-state index is 11.4. The predicted octanol–water partition coefficient (Wildman–Crippen LogP) is 0.525. The van der Waals surface area contributed by atoms with Crippen LogP contribution in [0.1, 0.15) is 0 Å². The van der Waals surface area contributed by atoms with Gasteiger partial charge >= 0.3 is 0 Å². The fourth-order valence-corrected chi connectivity index (χ4v) is 1.27. The molecule has 0 bridgehead atoms. The van der Waals surface area contributed by atoms with E-state index in [1.807, 2.05) is 24.3 Å². The lowest BCUT2D eigenvalue weighted by atomic mass is 10.3. The van der Waals surface area contributed by atoms with Gasteiger partial charge in [-0.15, -0.1) is 10.2 Å². The third-order valence-corrected chi connectivity index (χ3v) is 2.26. The SMILES string of the molecule is CN(C)C(=O)CNc1nnc2ccccc2n1. The molecule has 0 spiro atoms. The summed E-state index contributed by atoms with van der Waals surface area (Å²) in [6.07, 6.45) is 0. The molecule has 0 saturated carbocycles. The summed E-state index contributed by atoms with van der Waals surface area (Å²) in [7, 11) is 3.40. The molecule has 0 fully saturated rings. The second-order valence-electron chi connectivity index (χ2n) is 3.77. The summed E-state index contributed by atoms with van der Waals surface area (Å²) in [5.74, 6) is 0.320. The fourth-order valence-electron chi connectivity index (χ4n) is 1.27. The average molecular weight is 231 g/mol. The smallest absolute Gasteiger partial charge is 0.243 e. The first-order chi connectivity index (χ1) is 8.16. The summed E-state index contributed by atoms with van der Waals surface area (Å²) in [5, 5.41) is 10.7. The van der Waals surface area contributed by atoms with Gasteiger partial charge in [-0.3, -0.25) is 4.79 Å². The van der Waals surface area contributed by atoms with Gasteiger partial charge in [0.1, 0.15) is 5.52 Å². The van der Waals surface area contributed by atoms with Crippen molar-refractivity contribution in [1.29, 1.82) is 0 Å². The normalized spacial score (nSPS) is 10.2. The van der Waals surface area contributed by atoms with Crippen LogP contribution in [0.15, 0.2) is 24.3 Å². The van der Waals surface area contributed by atoms with Crippen molar-refractivity contribution in [3.05, 3.63) is 24.3 Å². The zero-order valence-corrected chi connectivity index (χ0v) is 9.71. The molecular formula is C11H13N5O. The molecule has 6 heteroatoms. The Kier molecular flexibility index (Phi) is 3.13. The Labute approximate surface area is 98.7 Å². The highest BCUT2D eigenvalue weighted by molar-refractivity contribution is 5.80. The molecule has 1 N–H and O–H groups in total. The molecule has 0 aliphatic carbocycles. The van der Waals surface area contributed by atoms with Crippen molar-refractivity contribution in [2.24, 2.45) is 0 Å². The fraction of sp³-hybridized carbons (Fsp3) is 0.273. The van der Waals surface area contributed by atoms with Crippen molar-refractivity contribution in [3.8, 4) is 0 Å². The van der Waals surface area contributed by atoms with Gasteiger partial charge in [0.15, 0.2) is 0 Å². The number of rotatable bonds is 3. The van der Waals surface area contributed by atoms with Gasteiger partial charge in [-0.05, 0) is 12.1 Å². The minimum atomic E-state index is -0.0400. The van der Waals surface area contributed by atoms with Crippen molar-refractivity contribution < 1.29 is 4.79 Å². The number of nitrogens with zero attached hydrogens (tertiary/aromatic N) is 4. The van der Waals surface area contributed by atoms with Crippen molar-refractivity contribution in [2.45, 2.75) is 0 Å². The number of benzene rings is 1. The van der Waals surface area contributed by atoms with Gasteiger partial charge in [0, 0.05) is 14.1 Å². The minimum Gasteiger partial charge on any atom is -0.347 e. The third kappa shape index (κ3) is 2.66. The van der Waals surface area contributed by atoms with Crippen LogP contribution in [-0.4, -0.2) is 46.6 Å². The van der Waals surface area contributed by atoms with Crippen LogP contribution in [0.5, 0.6) is 0 Å². The zero-order valence-electron chi connectivity index (χ0n) is 9.71. The van der Waals surface area contributed by atoms with E-state index in [2.05, 4.69) is 20.5 Å². The zero-order chi connectivity index (χ0) is 12.3. The van der Waals surface area contributed by atoms with Crippen LogP contribution in [0, 0.1) is 0 Å². The molecule has 17 heavy (non-hydrogen) atoms. The molecule has 2 aromatic rings. The number of hydrogen-bond acceptors (Lipinski definition) is 5. The number of aromatic nitrogens is 3. The molecule has 1 heterocycles. The number of hydrogen-bond donors (Lipinski definition) is 1. The van der Waals surface area contributed by atoms with Crippen molar-refractivity contribution in [3.63, 3.8) is 0 Å². The molecule has 0 aliphatic heterocycles. The maximum atomic E-state index is 11.4. The molecule has 1 amide bonds. The number of para-hydroxylation sites is 1. The van der Waals surface area contributed by atoms with E-state index in [-0.39, 0.29) is 12.5 Å². The first-order valence-electron chi connectivity index (χ1n) is 5.20. The van der Waals surface area contributed by atoms with Gasteiger partial charge in [-0.1, -0.05) is 12.1 Å². The van der Waals surface area contributed by atoms with E-state index in [9.17, 15) is 4.79 Å². The number of likely N-dealkylation sites (N-methyl/N-ethyl adjacent to an activating group) is 1. The standard InChI is InChI=1S/C11H13N5O/c1-16(2)10(17)7-12-11-13-8-5-3-4-6-9(8)14-15-11/h3-6H,7H2,1-2H3,(H,12,13,15). The number of amides is 1. The first-order valence-corrected chi connectivity index (χ1v) is 5.20. The molecule has 1 aromatic heterocycles. The first kappa shape index (κ1) is 11.3. The Balaban J connectivity index is 2.12. The van der Waals surface area contributed by atoms with Crippen LogP contribution in [-0.2, 0) is 4.79 Å². The van der Waals surface area contributed by atoms with Gasteiger partial charge in [-0.25, -0.2) is 4.98 Å². The summed E-state index contributed by atoms with van der Waals surface area (Å²) >= 11 is 0. The summed E-state index contributed by atoms with van der Waals surface area (Å²) in [6.45, 7) is 0.160. The highest BCUT2D eigenvalue weighted by Gasteiger charge is 2.05. The van der Waals surface area contributed by atoms with Gasteiger partial charge in [-0.2, -0.15) is 0 Å². The van der Waals surface area contributed by atoms with Crippen LogP contribution < -0.4 is 5.32 Å². The molecule has 0 atom stereocenters. The van der Waals surface area contributed by atoms with E-state index in [1.54, 1.807) is 14.1 Å². The van der Waals surface area contributed by atoms with E-state index in [1.165, 1.54) is 4.90 Å². The monoisotopic (exact) mass is 231 g/mol. The van der Waals surface area contributed by atoms with Crippen molar-refractivity contribution in [1.82, 2.24) is 20.1 Å². The number of carbonyl (C=O) groups is 1. The van der Waals surface area contributed by atoms with Gasteiger partial charge in [0.05, 0.1) is 12.1 Å². The van der Waals surface area contributed by atoms with E-state index in [0.29, 0.717) is 5.95 Å². The summed E-state index contributed by atoms with van der Waals surface area (Å²) in [5.41, 5.74) is 1.49. The van der Waals surface area contributed by atoms with E-state index in [4.69, 9.17) is 0 Å². The number of anilines is 1. The average Bonchev–Trinajstić information content (AvgIpc) is 2.35. The lowest BCUT2D eigenvalue weighted by Gasteiger charge is -2.10. The predicted molar refractivity (Wildman–Crippen MR) is 64.5 cm³/mol. The molecule has 6 nitrogen and oxygen atoms in total. The topological polar surface area (TPSA) is 71.0 Å². The highest BCUT2D eigenvalue weighted by Crippen LogP contribution is 2.08. The largest absolute Gasteiger partial charge is 0.347 e. The third-order valence-electron chi connectivity index (χ3n) is 2.26. The Morgan fingerprint density at radius 2 is 1.94 bits per heavy atom. The Morgan fingerprint density at radius 1 is 1.24 bits per heavy atom. The molecule has 0 saturated heterocycles. The Hall–Kier alpha value is -2.24. The summed E-state index contributed by atoms with van der Waals surface area (Å²) in [6, 6.07) is 7.44. The quantitative estimate of drug-likeness (QED) is 0.834.